The van der Waals surface area contributed by atoms with Gasteiger partial charge in [-0.3, -0.25) is 4.68 Å². The molecule has 0 atom stereocenters. The van der Waals surface area contributed by atoms with Gasteiger partial charge in [0, 0.05) is 6.04 Å². The Bertz CT molecular complexity index is 721. The SMILES string of the molecule is CC(C)n1cc(Oc2nc(Cl)nc3sccc23)cn1. The summed E-state index contributed by atoms with van der Waals surface area (Å²) >= 11 is 7.39. The molecule has 19 heavy (non-hydrogen) atoms. The summed E-state index contributed by atoms with van der Waals surface area (Å²) in [5.74, 6) is 1.09. The molecule has 3 aromatic heterocycles. The summed E-state index contributed by atoms with van der Waals surface area (Å²) in [6.07, 6.45) is 3.49. The Balaban J connectivity index is 1.97. The van der Waals surface area contributed by atoms with Crippen molar-refractivity contribution in [3.8, 4) is 11.6 Å². The maximum Gasteiger partial charge on any atom is 0.232 e. The monoisotopic (exact) mass is 294 g/mol. The summed E-state index contributed by atoms with van der Waals surface area (Å²) in [6.45, 7) is 4.10. The van der Waals surface area contributed by atoms with E-state index in [1.807, 2.05) is 22.3 Å². The molecular formula is C12H11ClN4OS. The Hall–Kier alpha value is -1.66. The normalized spacial score (nSPS) is 11.4. The van der Waals surface area contributed by atoms with Crippen molar-refractivity contribution in [3.05, 3.63) is 29.1 Å². The highest BCUT2D eigenvalue weighted by Crippen LogP contribution is 2.31. The molecule has 0 N–H and O–H groups in total. The first-order valence-electron chi connectivity index (χ1n) is 5.76. The molecular weight excluding hydrogens is 284 g/mol. The molecule has 3 aromatic rings. The topological polar surface area (TPSA) is 52.8 Å². The third-order valence-electron chi connectivity index (χ3n) is 2.58. The van der Waals surface area contributed by atoms with Gasteiger partial charge in [-0.05, 0) is 36.9 Å². The first kappa shape index (κ1) is 12.4. The lowest BCUT2D eigenvalue weighted by Crippen LogP contribution is -1.99. The molecule has 0 aliphatic heterocycles. The lowest BCUT2D eigenvalue weighted by Gasteiger charge is -2.04. The van der Waals surface area contributed by atoms with Gasteiger partial charge in [-0.15, -0.1) is 11.3 Å². The van der Waals surface area contributed by atoms with Gasteiger partial charge >= 0.3 is 0 Å². The molecule has 0 spiro atoms. The van der Waals surface area contributed by atoms with E-state index in [2.05, 4.69) is 28.9 Å². The molecule has 0 radical (unpaired) electrons. The van der Waals surface area contributed by atoms with Crippen LogP contribution >= 0.6 is 22.9 Å². The molecule has 0 aliphatic rings. The Labute approximate surface area is 118 Å². The lowest BCUT2D eigenvalue weighted by atomic mass is 10.4. The summed E-state index contributed by atoms with van der Waals surface area (Å²) in [4.78, 5) is 9.08. The van der Waals surface area contributed by atoms with Crippen LogP contribution in [-0.2, 0) is 0 Å². The second-order valence-electron chi connectivity index (χ2n) is 4.29. The number of nitrogens with zero attached hydrogens (tertiary/aromatic N) is 4. The highest BCUT2D eigenvalue weighted by Gasteiger charge is 2.11. The number of hydrogen-bond acceptors (Lipinski definition) is 5. The molecule has 0 amide bonds. The van der Waals surface area contributed by atoms with Gasteiger partial charge in [0.25, 0.3) is 0 Å². The van der Waals surface area contributed by atoms with Crippen LogP contribution in [0.25, 0.3) is 10.2 Å². The van der Waals surface area contributed by atoms with Crippen LogP contribution in [0.5, 0.6) is 11.6 Å². The molecule has 0 aromatic carbocycles. The van der Waals surface area contributed by atoms with Crippen LogP contribution in [0.2, 0.25) is 5.28 Å². The highest BCUT2D eigenvalue weighted by atomic mass is 35.5. The zero-order valence-electron chi connectivity index (χ0n) is 10.4. The number of ether oxygens (including phenoxy) is 1. The Kier molecular flexibility index (Phi) is 3.12. The van der Waals surface area contributed by atoms with Crippen LogP contribution in [-0.4, -0.2) is 19.7 Å². The molecule has 3 heterocycles. The van der Waals surface area contributed by atoms with Crippen molar-refractivity contribution in [2.75, 3.05) is 0 Å². The number of halogens is 1. The second kappa shape index (κ2) is 4.79. The molecule has 0 bridgehead atoms. The van der Waals surface area contributed by atoms with Crippen LogP contribution < -0.4 is 4.74 Å². The Morgan fingerprint density at radius 2 is 2.21 bits per heavy atom. The largest absolute Gasteiger partial charge is 0.435 e. The van der Waals surface area contributed by atoms with E-state index in [0.717, 1.165) is 10.2 Å². The van der Waals surface area contributed by atoms with Crippen molar-refractivity contribution in [2.24, 2.45) is 0 Å². The zero-order valence-corrected chi connectivity index (χ0v) is 11.9. The summed E-state index contributed by atoms with van der Waals surface area (Å²) in [5, 5.41) is 7.19. The number of fused-ring (bicyclic) bond motifs is 1. The molecule has 0 aliphatic carbocycles. The molecule has 5 nitrogen and oxygen atoms in total. The fourth-order valence-electron chi connectivity index (χ4n) is 1.65. The Morgan fingerprint density at radius 1 is 1.37 bits per heavy atom. The summed E-state index contributed by atoms with van der Waals surface area (Å²) in [5.41, 5.74) is 0. The number of aromatic nitrogens is 4. The maximum atomic E-state index is 5.89. The van der Waals surface area contributed by atoms with E-state index in [1.54, 1.807) is 6.20 Å². The van der Waals surface area contributed by atoms with E-state index in [4.69, 9.17) is 16.3 Å². The predicted molar refractivity (Wildman–Crippen MR) is 75.1 cm³/mol. The summed E-state index contributed by atoms with van der Waals surface area (Å²) in [7, 11) is 0. The minimum atomic E-state index is 0.182. The first-order chi connectivity index (χ1) is 9.13. The van der Waals surface area contributed by atoms with Gasteiger partial charge < -0.3 is 4.74 Å². The predicted octanol–water partition coefficient (Wildman–Crippen LogP) is 3.91. The lowest BCUT2D eigenvalue weighted by molar-refractivity contribution is 0.464. The number of thiophene rings is 1. The molecule has 0 unspecified atom stereocenters. The van der Waals surface area contributed by atoms with Crippen molar-refractivity contribution in [1.82, 2.24) is 19.7 Å². The Morgan fingerprint density at radius 3 is 2.95 bits per heavy atom. The van der Waals surface area contributed by atoms with E-state index in [0.29, 0.717) is 11.6 Å². The average molecular weight is 295 g/mol. The van der Waals surface area contributed by atoms with Gasteiger partial charge in [0.1, 0.15) is 4.83 Å². The first-order valence-corrected chi connectivity index (χ1v) is 7.02. The summed E-state index contributed by atoms with van der Waals surface area (Å²) in [6, 6.07) is 2.20. The van der Waals surface area contributed by atoms with Crippen molar-refractivity contribution < 1.29 is 4.74 Å². The van der Waals surface area contributed by atoms with Gasteiger partial charge in [-0.2, -0.15) is 10.1 Å². The van der Waals surface area contributed by atoms with Crippen molar-refractivity contribution in [2.45, 2.75) is 19.9 Å². The maximum absolute atomic E-state index is 5.89. The smallest absolute Gasteiger partial charge is 0.232 e. The van der Waals surface area contributed by atoms with Gasteiger partial charge in [0.05, 0.1) is 17.8 Å². The van der Waals surface area contributed by atoms with Gasteiger partial charge in [0.15, 0.2) is 5.75 Å². The second-order valence-corrected chi connectivity index (χ2v) is 5.52. The van der Waals surface area contributed by atoms with Gasteiger partial charge in [0.2, 0.25) is 11.2 Å². The quantitative estimate of drug-likeness (QED) is 0.687. The van der Waals surface area contributed by atoms with Crippen LogP contribution in [0.4, 0.5) is 0 Å². The third kappa shape index (κ3) is 2.41. The van der Waals surface area contributed by atoms with Crippen LogP contribution in [0, 0.1) is 0 Å². The van der Waals surface area contributed by atoms with Crippen molar-refractivity contribution in [1.29, 1.82) is 0 Å². The molecule has 0 saturated heterocycles. The molecule has 7 heteroatoms. The van der Waals surface area contributed by atoms with E-state index in [1.165, 1.54) is 11.3 Å². The number of rotatable bonds is 3. The molecule has 0 fully saturated rings. The van der Waals surface area contributed by atoms with E-state index in [-0.39, 0.29) is 11.3 Å². The average Bonchev–Trinajstić information content (AvgIpc) is 2.96. The van der Waals surface area contributed by atoms with Gasteiger partial charge in [-0.25, -0.2) is 4.98 Å². The minimum absolute atomic E-state index is 0.182. The van der Waals surface area contributed by atoms with Crippen molar-refractivity contribution >= 4 is 33.2 Å². The standard InChI is InChI=1S/C12H11ClN4OS/c1-7(2)17-6-8(5-14-17)18-10-9-3-4-19-11(9)16-12(13)15-10/h3-7H,1-2H3. The number of hydrogen-bond donors (Lipinski definition) is 0. The fraction of sp³-hybridized carbons (Fsp3) is 0.250. The van der Waals surface area contributed by atoms with Crippen LogP contribution in [0.3, 0.4) is 0 Å². The molecule has 0 saturated carbocycles. The van der Waals surface area contributed by atoms with Gasteiger partial charge in [-0.1, -0.05) is 0 Å². The van der Waals surface area contributed by atoms with Crippen LogP contribution in [0.1, 0.15) is 19.9 Å². The molecule has 3 rings (SSSR count). The zero-order chi connectivity index (χ0) is 13.4. The van der Waals surface area contributed by atoms with E-state index >= 15 is 0 Å². The summed E-state index contributed by atoms with van der Waals surface area (Å²) < 4.78 is 7.57. The minimum Gasteiger partial charge on any atom is -0.435 e. The van der Waals surface area contributed by atoms with E-state index < -0.39 is 0 Å². The third-order valence-corrected chi connectivity index (χ3v) is 3.56. The highest BCUT2D eigenvalue weighted by molar-refractivity contribution is 7.16. The van der Waals surface area contributed by atoms with E-state index in [9.17, 15) is 0 Å². The van der Waals surface area contributed by atoms with Crippen molar-refractivity contribution in [3.63, 3.8) is 0 Å². The van der Waals surface area contributed by atoms with Crippen LogP contribution in [0.15, 0.2) is 23.8 Å². The molecule has 98 valence electrons. The fourth-order valence-corrected chi connectivity index (χ4v) is 2.61.